The molecule has 2 aromatic rings. The molecule has 0 saturated heterocycles. The van der Waals surface area contributed by atoms with Gasteiger partial charge < -0.3 is 20.5 Å². The van der Waals surface area contributed by atoms with Crippen molar-refractivity contribution in [2.24, 2.45) is 0 Å². The molecule has 2 rings (SSSR count). The minimum absolute atomic E-state index is 0.0661. The third kappa shape index (κ3) is 5.65. The second kappa shape index (κ2) is 9.49. The summed E-state index contributed by atoms with van der Waals surface area (Å²) in [7, 11) is 0. The smallest absolute Gasteiger partial charge is 0.341 e. The van der Waals surface area contributed by atoms with Crippen LogP contribution in [0.25, 0.3) is 0 Å². The summed E-state index contributed by atoms with van der Waals surface area (Å²) in [5, 5.41) is 14.5. The predicted octanol–water partition coefficient (Wildman–Crippen LogP) is 2.48. The summed E-state index contributed by atoms with van der Waals surface area (Å²) in [5.41, 5.74) is 1.83. The van der Waals surface area contributed by atoms with Crippen molar-refractivity contribution in [1.29, 1.82) is 0 Å². The molecule has 1 atom stereocenters. The number of amides is 1. The number of carbonyl (C=O) groups excluding carboxylic acids is 3. The molecular formula is C20H22N2O5. The highest BCUT2D eigenvalue weighted by Gasteiger charge is 2.21. The lowest BCUT2D eigenvalue weighted by Crippen LogP contribution is -2.30. The molecule has 0 aliphatic carbocycles. The van der Waals surface area contributed by atoms with Crippen LogP contribution >= 0.6 is 0 Å². The molecule has 0 radical (unpaired) electrons. The highest BCUT2D eigenvalue weighted by molar-refractivity contribution is 6.00. The number of benzene rings is 2. The summed E-state index contributed by atoms with van der Waals surface area (Å²) in [5.74, 6) is -1.20. The average Bonchev–Trinajstić information content (AvgIpc) is 2.66. The molecule has 0 bridgehead atoms. The molecule has 1 amide bonds. The molecule has 27 heavy (non-hydrogen) atoms. The van der Waals surface area contributed by atoms with Gasteiger partial charge in [-0.05, 0) is 50.2 Å². The zero-order valence-corrected chi connectivity index (χ0v) is 15.2. The molecule has 0 fully saturated rings. The Hall–Kier alpha value is -3.19. The number of ketones is 1. The van der Waals surface area contributed by atoms with E-state index in [-0.39, 0.29) is 24.5 Å². The fourth-order valence-electron chi connectivity index (χ4n) is 2.32. The molecule has 0 aromatic heterocycles. The van der Waals surface area contributed by atoms with Gasteiger partial charge in [0.15, 0.2) is 11.9 Å². The van der Waals surface area contributed by atoms with E-state index < -0.39 is 18.0 Å². The first-order valence-electron chi connectivity index (χ1n) is 8.49. The standard InChI is InChI=1S/C20H22N2O5/c1-13(24)15-7-9-16(10-8-15)22-19(25)14(2)27-20(26)17-5-3-4-6-18(17)21-11-12-23/h3-10,14,21,23H,11-12H2,1-2H3,(H,22,25)/t14-/m1/s1. The zero-order valence-electron chi connectivity index (χ0n) is 15.2. The van der Waals surface area contributed by atoms with Gasteiger partial charge in [0.25, 0.3) is 5.91 Å². The van der Waals surface area contributed by atoms with Crippen molar-refractivity contribution in [2.75, 3.05) is 23.8 Å². The van der Waals surface area contributed by atoms with Gasteiger partial charge in [0.1, 0.15) is 0 Å². The number of Topliss-reactive ketones (excluding diaryl/α,β-unsaturated/α-hetero) is 1. The molecule has 0 unspecified atom stereocenters. The zero-order chi connectivity index (χ0) is 19.8. The van der Waals surface area contributed by atoms with Crippen molar-refractivity contribution in [3.63, 3.8) is 0 Å². The molecule has 7 nitrogen and oxygen atoms in total. The fourth-order valence-corrected chi connectivity index (χ4v) is 2.32. The number of para-hydroxylation sites is 1. The first kappa shape index (κ1) is 20.1. The van der Waals surface area contributed by atoms with E-state index in [1.807, 2.05) is 0 Å². The van der Waals surface area contributed by atoms with Gasteiger partial charge in [0.05, 0.1) is 12.2 Å². The Balaban J connectivity index is 1.99. The molecule has 0 saturated carbocycles. The highest BCUT2D eigenvalue weighted by atomic mass is 16.5. The lowest BCUT2D eigenvalue weighted by atomic mass is 10.1. The van der Waals surface area contributed by atoms with Crippen molar-refractivity contribution in [3.05, 3.63) is 59.7 Å². The lowest BCUT2D eigenvalue weighted by Gasteiger charge is -2.15. The molecule has 0 spiro atoms. The van der Waals surface area contributed by atoms with Crippen molar-refractivity contribution in [1.82, 2.24) is 0 Å². The Morgan fingerprint density at radius 2 is 1.74 bits per heavy atom. The number of rotatable bonds is 8. The second-order valence-electron chi connectivity index (χ2n) is 5.87. The predicted molar refractivity (Wildman–Crippen MR) is 102 cm³/mol. The third-order valence-electron chi connectivity index (χ3n) is 3.79. The molecule has 0 aliphatic heterocycles. The van der Waals surface area contributed by atoms with Crippen molar-refractivity contribution in [3.8, 4) is 0 Å². The Bertz CT molecular complexity index is 817. The van der Waals surface area contributed by atoms with Crippen molar-refractivity contribution in [2.45, 2.75) is 20.0 Å². The van der Waals surface area contributed by atoms with Crippen LogP contribution in [0.3, 0.4) is 0 Å². The van der Waals surface area contributed by atoms with E-state index in [4.69, 9.17) is 9.84 Å². The quantitative estimate of drug-likeness (QED) is 0.487. The first-order chi connectivity index (χ1) is 12.9. The van der Waals surface area contributed by atoms with E-state index in [9.17, 15) is 14.4 Å². The van der Waals surface area contributed by atoms with E-state index in [0.717, 1.165) is 0 Å². The van der Waals surface area contributed by atoms with Crippen LogP contribution < -0.4 is 10.6 Å². The molecule has 0 heterocycles. The maximum atomic E-state index is 12.4. The minimum Gasteiger partial charge on any atom is -0.449 e. The molecule has 2 aromatic carbocycles. The number of aliphatic hydroxyl groups excluding tert-OH is 1. The number of anilines is 2. The lowest BCUT2D eigenvalue weighted by molar-refractivity contribution is -0.123. The maximum Gasteiger partial charge on any atom is 0.341 e. The average molecular weight is 370 g/mol. The minimum atomic E-state index is -1.02. The van der Waals surface area contributed by atoms with Gasteiger partial charge >= 0.3 is 5.97 Å². The Morgan fingerprint density at radius 3 is 2.37 bits per heavy atom. The topological polar surface area (TPSA) is 105 Å². The molecular weight excluding hydrogens is 348 g/mol. The Morgan fingerprint density at radius 1 is 1.07 bits per heavy atom. The number of carbonyl (C=O) groups is 3. The van der Waals surface area contributed by atoms with E-state index in [0.29, 0.717) is 16.9 Å². The van der Waals surface area contributed by atoms with Gasteiger partial charge in [-0.3, -0.25) is 9.59 Å². The van der Waals surface area contributed by atoms with Crippen LogP contribution in [0.2, 0.25) is 0 Å². The van der Waals surface area contributed by atoms with Gasteiger partial charge in [-0.25, -0.2) is 4.79 Å². The number of nitrogens with one attached hydrogen (secondary N) is 2. The summed E-state index contributed by atoms with van der Waals surface area (Å²) < 4.78 is 5.25. The van der Waals surface area contributed by atoms with Crippen LogP contribution in [-0.2, 0) is 9.53 Å². The van der Waals surface area contributed by atoms with Gasteiger partial charge in [0.2, 0.25) is 0 Å². The van der Waals surface area contributed by atoms with Gasteiger partial charge in [0, 0.05) is 23.5 Å². The van der Waals surface area contributed by atoms with Crippen molar-refractivity contribution < 1.29 is 24.2 Å². The number of hydrogen-bond donors (Lipinski definition) is 3. The fraction of sp³-hybridized carbons (Fsp3) is 0.250. The van der Waals surface area contributed by atoms with E-state index in [1.165, 1.54) is 13.8 Å². The summed E-state index contributed by atoms with van der Waals surface area (Å²) >= 11 is 0. The Kier molecular flexibility index (Phi) is 7.08. The van der Waals surface area contributed by atoms with E-state index in [2.05, 4.69) is 10.6 Å². The number of aliphatic hydroxyl groups is 1. The van der Waals surface area contributed by atoms with Crippen LogP contribution in [-0.4, -0.2) is 42.0 Å². The van der Waals surface area contributed by atoms with Crippen LogP contribution in [0.5, 0.6) is 0 Å². The summed E-state index contributed by atoms with van der Waals surface area (Å²) in [6.07, 6.45) is -1.02. The van der Waals surface area contributed by atoms with Gasteiger partial charge in [-0.15, -0.1) is 0 Å². The normalized spacial score (nSPS) is 11.4. The van der Waals surface area contributed by atoms with Crippen LogP contribution in [0.15, 0.2) is 48.5 Å². The second-order valence-corrected chi connectivity index (χ2v) is 5.87. The molecule has 3 N–H and O–H groups in total. The number of ether oxygens (including phenoxy) is 1. The monoisotopic (exact) mass is 370 g/mol. The highest BCUT2D eigenvalue weighted by Crippen LogP contribution is 2.17. The number of hydrogen-bond acceptors (Lipinski definition) is 6. The maximum absolute atomic E-state index is 12.4. The summed E-state index contributed by atoms with van der Waals surface area (Å²) in [6, 6.07) is 13.1. The SMILES string of the molecule is CC(=O)c1ccc(NC(=O)[C@@H](C)OC(=O)c2ccccc2NCCO)cc1. The van der Waals surface area contributed by atoms with E-state index >= 15 is 0 Å². The number of esters is 1. The first-order valence-corrected chi connectivity index (χ1v) is 8.49. The molecule has 142 valence electrons. The third-order valence-corrected chi connectivity index (χ3v) is 3.79. The van der Waals surface area contributed by atoms with Crippen LogP contribution in [0.1, 0.15) is 34.6 Å². The van der Waals surface area contributed by atoms with Gasteiger partial charge in [-0.2, -0.15) is 0 Å². The largest absolute Gasteiger partial charge is 0.449 e. The van der Waals surface area contributed by atoms with E-state index in [1.54, 1.807) is 48.5 Å². The molecule has 7 heteroatoms. The summed E-state index contributed by atoms with van der Waals surface area (Å²) in [6.45, 7) is 3.14. The van der Waals surface area contributed by atoms with Crippen LogP contribution in [0, 0.1) is 0 Å². The van der Waals surface area contributed by atoms with Crippen molar-refractivity contribution >= 4 is 29.0 Å². The Labute approximate surface area is 157 Å². The van der Waals surface area contributed by atoms with Gasteiger partial charge in [-0.1, -0.05) is 12.1 Å². The summed E-state index contributed by atoms with van der Waals surface area (Å²) in [4.78, 5) is 35.9. The molecule has 0 aliphatic rings. The van der Waals surface area contributed by atoms with Crippen LogP contribution in [0.4, 0.5) is 11.4 Å².